The van der Waals surface area contributed by atoms with Crippen molar-refractivity contribution >= 4 is 29.0 Å². The van der Waals surface area contributed by atoms with Gasteiger partial charge in [-0.2, -0.15) is 9.97 Å². The number of nitrogens with two attached hydrogens (primary N) is 1. The van der Waals surface area contributed by atoms with Crippen LogP contribution in [0.15, 0.2) is 24.3 Å². The maximum absolute atomic E-state index is 13.1. The van der Waals surface area contributed by atoms with Crippen LogP contribution >= 0.6 is 0 Å². The molecule has 0 atom stereocenters. The molecule has 1 aromatic heterocycles. The molecule has 144 valence electrons. The lowest BCUT2D eigenvalue weighted by molar-refractivity contribution is -0.383. The first kappa shape index (κ1) is 18.7. The van der Waals surface area contributed by atoms with Crippen molar-refractivity contribution in [3.8, 4) is 0 Å². The number of hydrogen-bond acceptors (Lipinski definition) is 9. The smallest absolute Gasteiger partial charge is 0.353 e. The topological polar surface area (TPSA) is 131 Å². The van der Waals surface area contributed by atoms with Crippen molar-refractivity contribution in [3.05, 3.63) is 40.2 Å². The monoisotopic (exact) mass is 377 g/mol. The predicted octanol–water partition coefficient (Wildman–Crippen LogP) is 1.59. The van der Waals surface area contributed by atoms with E-state index in [1.807, 2.05) is 0 Å². The SMILES string of the molecule is Nc1nc(NCCN2CCOCC2)nc(Nc2ccc(F)cc2)c1[N+](=O)[O-]. The van der Waals surface area contributed by atoms with Gasteiger partial charge in [0, 0.05) is 31.9 Å². The van der Waals surface area contributed by atoms with Crippen LogP contribution in [0.25, 0.3) is 0 Å². The average Bonchev–Trinajstić information content (AvgIpc) is 2.64. The van der Waals surface area contributed by atoms with Gasteiger partial charge >= 0.3 is 5.69 Å². The second-order valence-electron chi connectivity index (χ2n) is 5.90. The lowest BCUT2D eigenvalue weighted by Crippen LogP contribution is -2.39. The lowest BCUT2D eigenvalue weighted by Gasteiger charge is -2.26. The van der Waals surface area contributed by atoms with Gasteiger partial charge in [0.1, 0.15) is 5.82 Å². The number of ether oxygens (including phenoxy) is 1. The Bertz CT molecular complexity index is 797. The van der Waals surface area contributed by atoms with Crippen molar-refractivity contribution in [2.75, 3.05) is 55.8 Å². The van der Waals surface area contributed by atoms with Crippen LogP contribution < -0.4 is 16.4 Å². The molecule has 11 heteroatoms. The number of nitrogen functional groups attached to an aromatic ring is 1. The number of aromatic nitrogens is 2. The summed E-state index contributed by atoms with van der Waals surface area (Å²) >= 11 is 0. The van der Waals surface area contributed by atoms with Crippen LogP contribution in [0, 0.1) is 15.9 Å². The quantitative estimate of drug-likeness (QED) is 0.486. The molecule has 2 heterocycles. The first-order chi connectivity index (χ1) is 13.0. The molecule has 1 aliphatic heterocycles. The molecule has 1 saturated heterocycles. The maximum Gasteiger partial charge on any atom is 0.353 e. The molecule has 1 aliphatic rings. The summed E-state index contributed by atoms with van der Waals surface area (Å²) in [7, 11) is 0. The molecule has 0 spiro atoms. The van der Waals surface area contributed by atoms with Gasteiger partial charge in [-0.3, -0.25) is 15.0 Å². The van der Waals surface area contributed by atoms with Gasteiger partial charge in [0.15, 0.2) is 0 Å². The number of nitrogens with zero attached hydrogens (tertiary/aromatic N) is 4. The van der Waals surface area contributed by atoms with E-state index in [0.29, 0.717) is 25.4 Å². The Kier molecular flexibility index (Phi) is 5.94. The largest absolute Gasteiger partial charge is 0.379 e. The van der Waals surface area contributed by atoms with Crippen molar-refractivity contribution in [1.29, 1.82) is 0 Å². The first-order valence-electron chi connectivity index (χ1n) is 8.41. The standard InChI is InChI=1S/C16H20FN7O3/c17-11-1-3-12(4-2-11)20-15-13(24(25)26)14(18)21-16(22-15)19-5-6-23-7-9-27-10-8-23/h1-4H,5-10H2,(H4,18,19,20,21,22). The molecule has 0 amide bonds. The summed E-state index contributed by atoms with van der Waals surface area (Å²) in [6, 6.07) is 5.37. The van der Waals surface area contributed by atoms with E-state index < -0.39 is 16.4 Å². The van der Waals surface area contributed by atoms with Crippen LogP contribution in [0.4, 0.5) is 33.3 Å². The predicted molar refractivity (Wildman–Crippen MR) is 98.5 cm³/mol. The Labute approximate surface area is 154 Å². The number of rotatable bonds is 7. The summed E-state index contributed by atoms with van der Waals surface area (Å²) in [4.78, 5) is 21.0. The molecule has 2 aromatic rings. The molecule has 0 aliphatic carbocycles. The van der Waals surface area contributed by atoms with Crippen molar-refractivity contribution < 1.29 is 14.1 Å². The molecular weight excluding hydrogens is 357 g/mol. The summed E-state index contributed by atoms with van der Waals surface area (Å²) < 4.78 is 18.3. The number of hydrogen-bond donors (Lipinski definition) is 3. The minimum absolute atomic E-state index is 0.0621. The van der Waals surface area contributed by atoms with E-state index in [0.717, 1.165) is 19.6 Å². The number of benzene rings is 1. The molecule has 1 aromatic carbocycles. The Morgan fingerprint density at radius 3 is 2.63 bits per heavy atom. The highest BCUT2D eigenvalue weighted by Crippen LogP contribution is 2.31. The minimum Gasteiger partial charge on any atom is -0.379 e. The number of anilines is 4. The Morgan fingerprint density at radius 2 is 1.96 bits per heavy atom. The summed E-state index contributed by atoms with van der Waals surface area (Å²) in [5.74, 6) is -0.555. The van der Waals surface area contributed by atoms with E-state index in [9.17, 15) is 14.5 Å². The second kappa shape index (κ2) is 8.56. The number of morpholine rings is 1. The zero-order valence-corrected chi connectivity index (χ0v) is 14.5. The van der Waals surface area contributed by atoms with Crippen molar-refractivity contribution in [3.63, 3.8) is 0 Å². The fourth-order valence-electron chi connectivity index (χ4n) is 2.64. The molecule has 0 radical (unpaired) electrons. The number of nitro groups is 1. The Balaban J connectivity index is 1.73. The minimum atomic E-state index is -0.654. The van der Waals surface area contributed by atoms with Crippen LogP contribution in [-0.4, -0.2) is 59.2 Å². The first-order valence-corrected chi connectivity index (χ1v) is 8.41. The van der Waals surface area contributed by atoms with Crippen molar-refractivity contribution in [2.45, 2.75) is 0 Å². The van der Waals surface area contributed by atoms with Gasteiger partial charge in [0.05, 0.1) is 18.1 Å². The highest BCUT2D eigenvalue weighted by molar-refractivity contribution is 5.74. The summed E-state index contributed by atoms with van der Waals surface area (Å²) in [5.41, 5.74) is 5.76. The van der Waals surface area contributed by atoms with Crippen LogP contribution in [0.5, 0.6) is 0 Å². The Hall–Kier alpha value is -3.05. The van der Waals surface area contributed by atoms with Gasteiger partial charge in [-0.05, 0) is 24.3 Å². The van der Waals surface area contributed by atoms with Crippen LogP contribution in [0.3, 0.4) is 0 Å². The third-order valence-corrected chi connectivity index (χ3v) is 4.02. The average molecular weight is 377 g/mol. The van der Waals surface area contributed by atoms with Gasteiger partial charge in [-0.25, -0.2) is 4.39 Å². The molecule has 4 N–H and O–H groups in total. The Morgan fingerprint density at radius 1 is 1.26 bits per heavy atom. The van der Waals surface area contributed by atoms with Crippen LogP contribution in [-0.2, 0) is 4.74 Å². The molecule has 1 fully saturated rings. The highest BCUT2D eigenvalue weighted by atomic mass is 19.1. The van der Waals surface area contributed by atoms with E-state index in [4.69, 9.17) is 10.5 Å². The van der Waals surface area contributed by atoms with Crippen LogP contribution in [0.1, 0.15) is 0 Å². The van der Waals surface area contributed by atoms with E-state index in [1.54, 1.807) is 0 Å². The van der Waals surface area contributed by atoms with Gasteiger partial charge in [0.2, 0.25) is 17.6 Å². The third kappa shape index (κ3) is 4.99. The van der Waals surface area contributed by atoms with E-state index >= 15 is 0 Å². The van der Waals surface area contributed by atoms with Gasteiger partial charge in [-0.15, -0.1) is 0 Å². The fourth-order valence-corrected chi connectivity index (χ4v) is 2.64. The molecule has 27 heavy (non-hydrogen) atoms. The fraction of sp³-hybridized carbons (Fsp3) is 0.375. The molecule has 0 bridgehead atoms. The number of nitrogens with one attached hydrogen (secondary N) is 2. The van der Waals surface area contributed by atoms with Crippen LogP contribution in [0.2, 0.25) is 0 Å². The van der Waals surface area contributed by atoms with Crippen molar-refractivity contribution in [1.82, 2.24) is 14.9 Å². The number of halogens is 1. The molecular formula is C16H20FN7O3. The molecule has 0 saturated carbocycles. The van der Waals surface area contributed by atoms with Crippen molar-refractivity contribution in [2.24, 2.45) is 0 Å². The van der Waals surface area contributed by atoms with Gasteiger partial charge in [0.25, 0.3) is 0 Å². The maximum atomic E-state index is 13.1. The lowest BCUT2D eigenvalue weighted by atomic mass is 10.3. The van der Waals surface area contributed by atoms with Gasteiger partial charge in [-0.1, -0.05) is 0 Å². The zero-order chi connectivity index (χ0) is 19.2. The molecule has 3 rings (SSSR count). The van der Waals surface area contributed by atoms with E-state index in [2.05, 4.69) is 25.5 Å². The van der Waals surface area contributed by atoms with E-state index in [-0.39, 0.29) is 17.6 Å². The molecule has 10 nitrogen and oxygen atoms in total. The normalized spacial score (nSPS) is 14.7. The summed E-state index contributed by atoms with van der Waals surface area (Å²) in [6.45, 7) is 4.40. The summed E-state index contributed by atoms with van der Waals surface area (Å²) in [5, 5.41) is 17.1. The molecule has 0 unspecified atom stereocenters. The summed E-state index contributed by atoms with van der Waals surface area (Å²) in [6.07, 6.45) is 0. The van der Waals surface area contributed by atoms with E-state index in [1.165, 1.54) is 24.3 Å². The zero-order valence-electron chi connectivity index (χ0n) is 14.5. The third-order valence-electron chi connectivity index (χ3n) is 4.02. The second-order valence-corrected chi connectivity index (χ2v) is 5.90. The van der Waals surface area contributed by atoms with Gasteiger partial charge < -0.3 is 21.1 Å². The highest BCUT2D eigenvalue weighted by Gasteiger charge is 2.23.